The number of aryl methyl sites for hydroxylation is 2. The molecule has 17 heavy (non-hydrogen) atoms. The predicted molar refractivity (Wildman–Crippen MR) is 70.3 cm³/mol. The van der Waals surface area contributed by atoms with Crippen molar-refractivity contribution in [3.63, 3.8) is 0 Å². The van der Waals surface area contributed by atoms with Gasteiger partial charge in [0.25, 0.3) is 0 Å². The maximum atomic E-state index is 10.8. The minimum atomic E-state index is -0.264. The maximum absolute atomic E-state index is 10.8. The van der Waals surface area contributed by atoms with Gasteiger partial charge in [0.15, 0.2) is 0 Å². The largest absolute Gasteiger partial charge is 0.427 e. The lowest BCUT2D eigenvalue weighted by Gasteiger charge is -2.08. The normalized spacial score (nSPS) is 10.3. The molecule has 0 amide bonds. The van der Waals surface area contributed by atoms with E-state index < -0.39 is 0 Å². The first kappa shape index (κ1) is 13.8. The summed E-state index contributed by atoms with van der Waals surface area (Å²) in [7, 11) is 0. The van der Waals surface area contributed by atoms with Crippen LogP contribution in [-0.2, 0) is 11.2 Å². The SMILES string of the molecule is CCCCCCc1ccc(OC(C)=O)cc1C. The Kier molecular flexibility index (Phi) is 5.75. The molecule has 0 aromatic heterocycles. The van der Waals surface area contributed by atoms with Crippen molar-refractivity contribution in [2.75, 3.05) is 0 Å². The Balaban J connectivity index is 2.54. The second-order valence-corrected chi connectivity index (χ2v) is 4.49. The molecule has 0 spiro atoms. The Morgan fingerprint density at radius 2 is 2.00 bits per heavy atom. The van der Waals surface area contributed by atoms with Gasteiger partial charge in [-0.05, 0) is 43.0 Å². The van der Waals surface area contributed by atoms with Crippen molar-refractivity contribution in [1.29, 1.82) is 0 Å². The molecule has 0 N–H and O–H groups in total. The summed E-state index contributed by atoms with van der Waals surface area (Å²) in [4.78, 5) is 10.8. The van der Waals surface area contributed by atoms with E-state index in [9.17, 15) is 4.79 Å². The molecule has 0 aliphatic carbocycles. The van der Waals surface area contributed by atoms with Crippen LogP contribution >= 0.6 is 0 Å². The molecule has 94 valence electrons. The number of esters is 1. The van der Waals surface area contributed by atoms with Crippen LogP contribution in [0, 0.1) is 6.92 Å². The highest BCUT2D eigenvalue weighted by Gasteiger charge is 2.02. The fourth-order valence-corrected chi connectivity index (χ4v) is 1.92. The summed E-state index contributed by atoms with van der Waals surface area (Å²) < 4.78 is 5.05. The molecule has 2 nitrogen and oxygen atoms in total. The summed E-state index contributed by atoms with van der Waals surface area (Å²) in [5.41, 5.74) is 2.57. The maximum Gasteiger partial charge on any atom is 0.308 e. The van der Waals surface area contributed by atoms with E-state index in [2.05, 4.69) is 19.9 Å². The van der Waals surface area contributed by atoms with Crippen LogP contribution in [0.5, 0.6) is 5.75 Å². The molecule has 1 aromatic carbocycles. The molecule has 2 heteroatoms. The van der Waals surface area contributed by atoms with Crippen molar-refractivity contribution in [3.05, 3.63) is 29.3 Å². The number of carbonyl (C=O) groups excluding carboxylic acids is 1. The summed E-state index contributed by atoms with van der Waals surface area (Å²) in [6.07, 6.45) is 6.23. The third-order valence-electron chi connectivity index (χ3n) is 2.88. The molecule has 1 rings (SSSR count). The minimum absolute atomic E-state index is 0.264. The molecule has 0 unspecified atom stereocenters. The van der Waals surface area contributed by atoms with Gasteiger partial charge in [-0.3, -0.25) is 4.79 Å². The highest BCUT2D eigenvalue weighted by Crippen LogP contribution is 2.19. The topological polar surface area (TPSA) is 26.3 Å². The third-order valence-corrected chi connectivity index (χ3v) is 2.88. The van der Waals surface area contributed by atoms with Gasteiger partial charge in [0.2, 0.25) is 0 Å². The number of rotatable bonds is 6. The van der Waals surface area contributed by atoms with Gasteiger partial charge in [0.05, 0.1) is 0 Å². The minimum Gasteiger partial charge on any atom is -0.427 e. The summed E-state index contributed by atoms with van der Waals surface area (Å²) in [5, 5.41) is 0. The molecule has 0 radical (unpaired) electrons. The number of ether oxygens (including phenoxy) is 1. The van der Waals surface area contributed by atoms with Gasteiger partial charge >= 0.3 is 5.97 Å². The molecular weight excluding hydrogens is 212 g/mol. The number of benzene rings is 1. The molecule has 0 fully saturated rings. The van der Waals surface area contributed by atoms with Gasteiger partial charge in [0.1, 0.15) is 5.75 Å². The summed E-state index contributed by atoms with van der Waals surface area (Å²) in [5.74, 6) is 0.382. The van der Waals surface area contributed by atoms with Crippen LogP contribution < -0.4 is 4.74 Å². The van der Waals surface area contributed by atoms with Crippen molar-refractivity contribution in [3.8, 4) is 5.75 Å². The average Bonchev–Trinajstić information content (AvgIpc) is 2.26. The van der Waals surface area contributed by atoms with E-state index in [1.165, 1.54) is 43.7 Å². The van der Waals surface area contributed by atoms with Crippen molar-refractivity contribution in [1.82, 2.24) is 0 Å². The van der Waals surface area contributed by atoms with Crippen LogP contribution in [0.1, 0.15) is 50.7 Å². The van der Waals surface area contributed by atoms with Crippen LogP contribution in [0.25, 0.3) is 0 Å². The van der Waals surface area contributed by atoms with Crippen molar-refractivity contribution in [2.45, 2.75) is 52.9 Å². The average molecular weight is 234 g/mol. The van der Waals surface area contributed by atoms with Gasteiger partial charge < -0.3 is 4.74 Å². The summed E-state index contributed by atoms with van der Waals surface area (Å²) >= 11 is 0. The fraction of sp³-hybridized carbons (Fsp3) is 0.533. The zero-order valence-electron chi connectivity index (χ0n) is 11.1. The lowest BCUT2D eigenvalue weighted by Crippen LogP contribution is -2.02. The van der Waals surface area contributed by atoms with Gasteiger partial charge in [0, 0.05) is 6.92 Å². The van der Waals surface area contributed by atoms with E-state index in [-0.39, 0.29) is 5.97 Å². The van der Waals surface area contributed by atoms with E-state index in [1.54, 1.807) is 0 Å². The molecule has 0 atom stereocenters. The van der Waals surface area contributed by atoms with Gasteiger partial charge in [-0.1, -0.05) is 32.3 Å². The fourth-order valence-electron chi connectivity index (χ4n) is 1.92. The van der Waals surface area contributed by atoms with E-state index in [0.717, 1.165) is 6.42 Å². The number of hydrogen-bond acceptors (Lipinski definition) is 2. The monoisotopic (exact) mass is 234 g/mol. The zero-order valence-corrected chi connectivity index (χ0v) is 11.1. The van der Waals surface area contributed by atoms with Gasteiger partial charge in [-0.2, -0.15) is 0 Å². The Bertz CT molecular complexity index is 369. The first-order chi connectivity index (χ1) is 8.13. The van der Waals surface area contributed by atoms with Gasteiger partial charge in [-0.15, -0.1) is 0 Å². The number of hydrogen-bond donors (Lipinski definition) is 0. The molecule has 0 aliphatic heterocycles. The molecule has 0 saturated carbocycles. The Labute approximate surface area is 104 Å². The van der Waals surface area contributed by atoms with Crippen LogP contribution in [0.3, 0.4) is 0 Å². The highest BCUT2D eigenvalue weighted by atomic mass is 16.5. The molecule has 0 bridgehead atoms. The Morgan fingerprint density at radius 1 is 1.24 bits per heavy atom. The van der Waals surface area contributed by atoms with Crippen LogP contribution in [-0.4, -0.2) is 5.97 Å². The standard InChI is InChI=1S/C15H22O2/c1-4-5-6-7-8-14-9-10-15(11-12(14)2)17-13(3)16/h9-11H,4-8H2,1-3H3. The van der Waals surface area contributed by atoms with Crippen LogP contribution in [0.2, 0.25) is 0 Å². The Morgan fingerprint density at radius 3 is 2.59 bits per heavy atom. The molecule has 0 heterocycles. The molecule has 1 aromatic rings. The van der Waals surface area contributed by atoms with Crippen molar-refractivity contribution >= 4 is 5.97 Å². The van der Waals surface area contributed by atoms with Crippen molar-refractivity contribution < 1.29 is 9.53 Å². The van der Waals surface area contributed by atoms with E-state index >= 15 is 0 Å². The van der Waals surface area contributed by atoms with Gasteiger partial charge in [-0.25, -0.2) is 0 Å². The smallest absolute Gasteiger partial charge is 0.308 e. The first-order valence-corrected chi connectivity index (χ1v) is 6.41. The van der Waals surface area contributed by atoms with Crippen LogP contribution in [0.4, 0.5) is 0 Å². The lowest BCUT2D eigenvalue weighted by molar-refractivity contribution is -0.131. The van der Waals surface area contributed by atoms with E-state index in [4.69, 9.17) is 4.74 Å². The number of unbranched alkanes of at least 4 members (excludes halogenated alkanes) is 3. The predicted octanol–water partition coefficient (Wildman–Crippen LogP) is 4.04. The van der Waals surface area contributed by atoms with E-state index in [0.29, 0.717) is 5.75 Å². The first-order valence-electron chi connectivity index (χ1n) is 6.41. The Hall–Kier alpha value is -1.31. The number of carbonyl (C=O) groups is 1. The van der Waals surface area contributed by atoms with E-state index in [1.807, 2.05) is 12.1 Å². The summed E-state index contributed by atoms with van der Waals surface area (Å²) in [6, 6.07) is 5.89. The second-order valence-electron chi connectivity index (χ2n) is 4.49. The van der Waals surface area contributed by atoms with Crippen LogP contribution in [0.15, 0.2) is 18.2 Å². The lowest BCUT2D eigenvalue weighted by atomic mass is 10.0. The summed E-state index contributed by atoms with van der Waals surface area (Å²) in [6.45, 7) is 5.72. The quantitative estimate of drug-likeness (QED) is 0.422. The molecule has 0 aliphatic rings. The highest BCUT2D eigenvalue weighted by molar-refractivity contribution is 5.69. The molecule has 0 saturated heterocycles. The second kappa shape index (κ2) is 7.10. The zero-order chi connectivity index (χ0) is 12.7. The molecular formula is C15H22O2. The van der Waals surface area contributed by atoms with Crippen molar-refractivity contribution in [2.24, 2.45) is 0 Å². The third kappa shape index (κ3) is 5.03.